The lowest BCUT2D eigenvalue weighted by Gasteiger charge is -2.38. The number of carbonyl (C=O) groups is 1. The van der Waals surface area contributed by atoms with Crippen molar-refractivity contribution in [2.75, 3.05) is 26.2 Å². The van der Waals surface area contributed by atoms with Crippen molar-refractivity contribution in [2.45, 2.75) is 37.8 Å². The standard InChI is InChI=1S/C17H23ClN2O2/c18-15-7-2-1-6-14(15)16-12-19-8-9-20(16)17(21)11-13-5-3-4-10-22-13/h1-2,6-7,13,16,19H,3-5,8-12H2. The molecule has 2 saturated heterocycles. The lowest BCUT2D eigenvalue weighted by molar-refractivity contribution is -0.138. The number of carbonyl (C=O) groups excluding carboxylic acids is 1. The van der Waals surface area contributed by atoms with Crippen molar-refractivity contribution in [1.29, 1.82) is 0 Å². The molecule has 0 bridgehead atoms. The van der Waals surface area contributed by atoms with Crippen molar-refractivity contribution in [2.24, 2.45) is 0 Å². The van der Waals surface area contributed by atoms with E-state index < -0.39 is 0 Å². The molecular weight excluding hydrogens is 300 g/mol. The number of hydrogen-bond acceptors (Lipinski definition) is 3. The van der Waals surface area contributed by atoms with E-state index in [1.165, 1.54) is 0 Å². The Morgan fingerprint density at radius 1 is 1.36 bits per heavy atom. The summed E-state index contributed by atoms with van der Waals surface area (Å²) in [7, 11) is 0. The van der Waals surface area contributed by atoms with Gasteiger partial charge in [0.15, 0.2) is 0 Å². The number of amides is 1. The predicted octanol–water partition coefficient (Wildman–Crippen LogP) is 2.77. The first-order chi connectivity index (χ1) is 10.8. The molecule has 0 aliphatic carbocycles. The number of hydrogen-bond donors (Lipinski definition) is 1. The Labute approximate surface area is 136 Å². The fraction of sp³-hybridized carbons (Fsp3) is 0.588. The van der Waals surface area contributed by atoms with Gasteiger partial charge >= 0.3 is 0 Å². The normalized spacial score (nSPS) is 26.0. The van der Waals surface area contributed by atoms with Crippen LogP contribution >= 0.6 is 11.6 Å². The number of rotatable bonds is 3. The summed E-state index contributed by atoms with van der Waals surface area (Å²) < 4.78 is 5.71. The van der Waals surface area contributed by atoms with Gasteiger partial charge in [-0.15, -0.1) is 0 Å². The summed E-state index contributed by atoms with van der Waals surface area (Å²) >= 11 is 6.33. The Balaban J connectivity index is 1.71. The van der Waals surface area contributed by atoms with Crippen LogP contribution in [0.25, 0.3) is 0 Å². The van der Waals surface area contributed by atoms with Crippen LogP contribution in [0.1, 0.15) is 37.3 Å². The minimum Gasteiger partial charge on any atom is -0.378 e. The molecule has 2 aliphatic rings. The van der Waals surface area contributed by atoms with Crippen LogP contribution in [0.15, 0.2) is 24.3 Å². The molecule has 1 N–H and O–H groups in total. The number of piperazine rings is 1. The highest BCUT2D eigenvalue weighted by atomic mass is 35.5. The summed E-state index contributed by atoms with van der Waals surface area (Å²) in [5, 5.41) is 4.09. The Kier molecular flexibility index (Phi) is 5.34. The third-order valence-corrected chi connectivity index (χ3v) is 4.85. The summed E-state index contributed by atoms with van der Waals surface area (Å²) in [6.45, 7) is 3.09. The lowest BCUT2D eigenvalue weighted by Crippen LogP contribution is -2.49. The third kappa shape index (κ3) is 3.62. The molecule has 5 heteroatoms. The number of benzene rings is 1. The van der Waals surface area contributed by atoms with E-state index in [0.717, 1.165) is 56.1 Å². The van der Waals surface area contributed by atoms with Gasteiger partial charge in [0, 0.05) is 31.3 Å². The molecule has 22 heavy (non-hydrogen) atoms. The molecule has 1 amide bonds. The molecule has 2 atom stereocenters. The molecule has 3 rings (SSSR count). The highest BCUT2D eigenvalue weighted by molar-refractivity contribution is 6.31. The average molecular weight is 323 g/mol. The maximum Gasteiger partial charge on any atom is 0.225 e. The Bertz CT molecular complexity index is 517. The molecular formula is C17H23ClN2O2. The van der Waals surface area contributed by atoms with E-state index in [4.69, 9.17) is 16.3 Å². The maximum absolute atomic E-state index is 12.7. The van der Waals surface area contributed by atoms with Gasteiger partial charge < -0.3 is 15.0 Å². The van der Waals surface area contributed by atoms with Gasteiger partial charge in [0.2, 0.25) is 5.91 Å². The first-order valence-electron chi connectivity index (χ1n) is 8.12. The van der Waals surface area contributed by atoms with Crippen LogP contribution in [-0.4, -0.2) is 43.2 Å². The molecule has 0 aromatic heterocycles. The van der Waals surface area contributed by atoms with Gasteiger partial charge in [-0.25, -0.2) is 0 Å². The second kappa shape index (κ2) is 7.44. The molecule has 2 fully saturated rings. The summed E-state index contributed by atoms with van der Waals surface area (Å²) in [5.74, 6) is 0.179. The van der Waals surface area contributed by atoms with E-state index in [2.05, 4.69) is 5.32 Å². The minimum atomic E-state index is 0.0125. The highest BCUT2D eigenvalue weighted by Gasteiger charge is 2.30. The lowest BCUT2D eigenvalue weighted by atomic mass is 10.0. The van der Waals surface area contributed by atoms with Gasteiger partial charge in [0.1, 0.15) is 0 Å². The summed E-state index contributed by atoms with van der Waals surface area (Å²) in [6, 6.07) is 7.81. The van der Waals surface area contributed by atoms with Gasteiger partial charge in [-0.2, -0.15) is 0 Å². The van der Waals surface area contributed by atoms with Crippen LogP contribution < -0.4 is 5.32 Å². The van der Waals surface area contributed by atoms with Gasteiger partial charge in [-0.1, -0.05) is 29.8 Å². The zero-order valence-electron chi connectivity index (χ0n) is 12.8. The molecule has 120 valence electrons. The van der Waals surface area contributed by atoms with E-state index in [1.54, 1.807) is 0 Å². The molecule has 0 radical (unpaired) electrons. The highest BCUT2D eigenvalue weighted by Crippen LogP contribution is 2.29. The zero-order valence-corrected chi connectivity index (χ0v) is 13.5. The first kappa shape index (κ1) is 15.8. The van der Waals surface area contributed by atoms with Crippen molar-refractivity contribution in [3.8, 4) is 0 Å². The van der Waals surface area contributed by atoms with Crippen molar-refractivity contribution in [3.05, 3.63) is 34.9 Å². The second-order valence-electron chi connectivity index (χ2n) is 6.02. The van der Waals surface area contributed by atoms with Gasteiger partial charge in [0.05, 0.1) is 18.6 Å². The fourth-order valence-electron chi connectivity index (χ4n) is 3.31. The van der Waals surface area contributed by atoms with Gasteiger partial charge in [-0.3, -0.25) is 4.79 Å². The third-order valence-electron chi connectivity index (χ3n) is 4.50. The van der Waals surface area contributed by atoms with Crippen LogP contribution in [0.2, 0.25) is 5.02 Å². The average Bonchev–Trinajstić information content (AvgIpc) is 2.56. The van der Waals surface area contributed by atoms with Crippen LogP contribution in [-0.2, 0) is 9.53 Å². The molecule has 0 spiro atoms. The van der Waals surface area contributed by atoms with Gasteiger partial charge in [-0.05, 0) is 30.9 Å². The molecule has 2 aliphatic heterocycles. The molecule has 1 aromatic carbocycles. The summed E-state index contributed by atoms with van der Waals surface area (Å²) in [4.78, 5) is 14.7. The van der Waals surface area contributed by atoms with E-state index in [1.807, 2.05) is 29.2 Å². The van der Waals surface area contributed by atoms with Crippen molar-refractivity contribution in [3.63, 3.8) is 0 Å². The first-order valence-corrected chi connectivity index (χ1v) is 8.49. The van der Waals surface area contributed by atoms with Gasteiger partial charge in [0.25, 0.3) is 0 Å². The van der Waals surface area contributed by atoms with Crippen LogP contribution in [0, 0.1) is 0 Å². The number of nitrogens with zero attached hydrogens (tertiary/aromatic N) is 1. The predicted molar refractivity (Wildman–Crippen MR) is 87.0 cm³/mol. The Hall–Kier alpha value is -1.10. The smallest absolute Gasteiger partial charge is 0.225 e. The molecule has 4 nitrogen and oxygen atoms in total. The molecule has 2 unspecified atom stereocenters. The summed E-state index contributed by atoms with van der Waals surface area (Å²) in [5.41, 5.74) is 1.02. The van der Waals surface area contributed by atoms with Crippen molar-refractivity contribution < 1.29 is 9.53 Å². The van der Waals surface area contributed by atoms with Crippen LogP contribution in [0.4, 0.5) is 0 Å². The quantitative estimate of drug-likeness (QED) is 0.930. The largest absolute Gasteiger partial charge is 0.378 e. The van der Waals surface area contributed by atoms with Crippen molar-refractivity contribution >= 4 is 17.5 Å². The Morgan fingerprint density at radius 2 is 2.23 bits per heavy atom. The molecule has 0 saturated carbocycles. The molecule has 2 heterocycles. The number of halogens is 1. The van der Waals surface area contributed by atoms with Crippen LogP contribution in [0.3, 0.4) is 0 Å². The molecule has 1 aromatic rings. The monoisotopic (exact) mass is 322 g/mol. The van der Waals surface area contributed by atoms with E-state index in [9.17, 15) is 4.79 Å². The van der Waals surface area contributed by atoms with Crippen molar-refractivity contribution in [1.82, 2.24) is 10.2 Å². The van der Waals surface area contributed by atoms with E-state index in [-0.39, 0.29) is 18.1 Å². The Morgan fingerprint density at radius 3 is 3.00 bits per heavy atom. The zero-order chi connectivity index (χ0) is 15.4. The number of nitrogens with one attached hydrogen (secondary N) is 1. The topological polar surface area (TPSA) is 41.6 Å². The fourth-order valence-corrected chi connectivity index (χ4v) is 3.57. The van der Waals surface area contributed by atoms with E-state index in [0.29, 0.717) is 6.42 Å². The minimum absolute atomic E-state index is 0.0125. The SMILES string of the molecule is O=C(CC1CCCCO1)N1CCNCC1c1ccccc1Cl. The van der Waals surface area contributed by atoms with Crippen LogP contribution in [0.5, 0.6) is 0 Å². The second-order valence-corrected chi connectivity index (χ2v) is 6.43. The van der Waals surface area contributed by atoms with E-state index >= 15 is 0 Å². The summed E-state index contributed by atoms with van der Waals surface area (Å²) in [6.07, 6.45) is 3.84. The number of ether oxygens (including phenoxy) is 1. The maximum atomic E-state index is 12.7.